The minimum atomic E-state index is -0.311. The van der Waals surface area contributed by atoms with Crippen molar-refractivity contribution < 1.29 is 9.84 Å². The van der Waals surface area contributed by atoms with E-state index in [1.165, 1.54) is 16.7 Å². The van der Waals surface area contributed by atoms with Gasteiger partial charge >= 0.3 is 0 Å². The summed E-state index contributed by atoms with van der Waals surface area (Å²) in [6.45, 7) is 4.18. The van der Waals surface area contributed by atoms with Crippen LogP contribution in [0.2, 0.25) is 0 Å². The number of aryl methyl sites for hydroxylation is 1. The van der Waals surface area contributed by atoms with E-state index in [0.717, 1.165) is 37.0 Å². The fourth-order valence-corrected chi connectivity index (χ4v) is 2.60. The van der Waals surface area contributed by atoms with E-state index in [-0.39, 0.29) is 6.10 Å². The van der Waals surface area contributed by atoms with E-state index in [1.807, 2.05) is 6.08 Å². The summed E-state index contributed by atoms with van der Waals surface area (Å²) in [5.41, 5.74) is 4.79. The van der Waals surface area contributed by atoms with Crippen molar-refractivity contribution in [2.24, 2.45) is 0 Å². The van der Waals surface area contributed by atoms with Gasteiger partial charge in [-0.15, -0.1) is 0 Å². The van der Waals surface area contributed by atoms with Crippen LogP contribution in [-0.2, 0) is 0 Å². The smallest absolute Gasteiger partial charge is 0.129 e. The number of ether oxygens (including phenoxy) is 1. The zero-order valence-electron chi connectivity index (χ0n) is 11.5. The van der Waals surface area contributed by atoms with Crippen molar-refractivity contribution in [2.75, 3.05) is 7.11 Å². The first-order valence-corrected chi connectivity index (χ1v) is 6.67. The fraction of sp³-hybridized carbons (Fsp3) is 0.500. The largest absolute Gasteiger partial charge is 0.496 e. The molecule has 0 amide bonds. The highest BCUT2D eigenvalue weighted by Gasteiger charge is 2.16. The van der Waals surface area contributed by atoms with E-state index >= 15 is 0 Å². The van der Waals surface area contributed by atoms with Gasteiger partial charge in [-0.2, -0.15) is 0 Å². The first-order chi connectivity index (χ1) is 8.63. The van der Waals surface area contributed by atoms with Gasteiger partial charge < -0.3 is 9.84 Å². The van der Waals surface area contributed by atoms with Gasteiger partial charge in [-0.3, -0.25) is 0 Å². The van der Waals surface area contributed by atoms with Crippen molar-refractivity contribution in [2.45, 2.75) is 45.6 Å². The number of benzene rings is 1. The third-order valence-corrected chi connectivity index (χ3v) is 3.82. The van der Waals surface area contributed by atoms with Gasteiger partial charge in [0, 0.05) is 5.56 Å². The molecule has 98 valence electrons. The van der Waals surface area contributed by atoms with E-state index < -0.39 is 0 Å². The van der Waals surface area contributed by atoms with E-state index in [4.69, 9.17) is 4.74 Å². The summed E-state index contributed by atoms with van der Waals surface area (Å²) in [5, 5.41) is 9.89. The van der Waals surface area contributed by atoms with Gasteiger partial charge in [0.2, 0.25) is 0 Å². The summed E-state index contributed by atoms with van der Waals surface area (Å²) in [6.07, 6.45) is 5.81. The standard InChI is InChI=1S/C16H22O2/c1-11-8-9-15(16(18-3)12(11)2)13-6-4-5-7-14(17)10-13/h8-10,14,17H,4-7H2,1-3H3. The first-order valence-electron chi connectivity index (χ1n) is 6.67. The number of hydrogen-bond acceptors (Lipinski definition) is 2. The lowest BCUT2D eigenvalue weighted by molar-refractivity contribution is 0.211. The Bertz CT molecular complexity index is 460. The molecule has 1 aliphatic carbocycles. The Kier molecular flexibility index (Phi) is 4.07. The Morgan fingerprint density at radius 1 is 1.22 bits per heavy atom. The van der Waals surface area contributed by atoms with Crippen LogP contribution in [0.25, 0.3) is 5.57 Å². The topological polar surface area (TPSA) is 29.5 Å². The molecule has 0 saturated heterocycles. The lowest BCUT2D eigenvalue weighted by atomic mass is 9.95. The molecule has 1 aromatic carbocycles. The zero-order valence-corrected chi connectivity index (χ0v) is 11.5. The van der Waals surface area contributed by atoms with Crippen LogP contribution in [0.5, 0.6) is 5.75 Å². The number of allylic oxidation sites excluding steroid dienone is 1. The van der Waals surface area contributed by atoms with Crippen molar-refractivity contribution in [3.05, 3.63) is 34.9 Å². The third-order valence-electron chi connectivity index (χ3n) is 3.82. The Morgan fingerprint density at radius 2 is 2.00 bits per heavy atom. The van der Waals surface area contributed by atoms with Crippen LogP contribution in [0, 0.1) is 13.8 Å². The van der Waals surface area contributed by atoms with E-state index in [1.54, 1.807) is 7.11 Å². The van der Waals surface area contributed by atoms with Gasteiger partial charge in [-0.1, -0.05) is 24.6 Å². The average molecular weight is 246 g/mol. The van der Waals surface area contributed by atoms with E-state index in [9.17, 15) is 5.11 Å². The Labute approximate surface area is 109 Å². The average Bonchev–Trinajstić information content (AvgIpc) is 2.57. The van der Waals surface area contributed by atoms with Crippen LogP contribution in [-0.4, -0.2) is 18.3 Å². The van der Waals surface area contributed by atoms with Gasteiger partial charge in [0.15, 0.2) is 0 Å². The molecule has 1 N–H and O–H groups in total. The van der Waals surface area contributed by atoms with Crippen LogP contribution in [0.4, 0.5) is 0 Å². The zero-order chi connectivity index (χ0) is 13.1. The van der Waals surface area contributed by atoms with Gasteiger partial charge in [-0.25, -0.2) is 0 Å². The maximum Gasteiger partial charge on any atom is 0.129 e. The molecular formula is C16H22O2. The highest BCUT2D eigenvalue weighted by molar-refractivity contribution is 5.73. The molecule has 0 aliphatic heterocycles. The number of hydrogen-bond donors (Lipinski definition) is 1. The maximum absolute atomic E-state index is 9.89. The molecule has 1 aliphatic rings. The van der Waals surface area contributed by atoms with Crippen LogP contribution >= 0.6 is 0 Å². The molecule has 2 nitrogen and oxygen atoms in total. The Balaban J connectivity index is 2.46. The molecule has 1 atom stereocenters. The maximum atomic E-state index is 9.89. The number of methoxy groups -OCH3 is 1. The second-order valence-electron chi connectivity index (χ2n) is 5.09. The highest BCUT2D eigenvalue weighted by Crippen LogP contribution is 2.35. The second kappa shape index (κ2) is 5.57. The van der Waals surface area contributed by atoms with Gasteiger partial charge in [0.05, 0.1) is 13.2 Å². The van der Waals surface area contributed by atoms with Crippen LogP contribution in [0.15, 0.2) is 18.2 Å². The summed E-state index contributed by atoms with van der Waals surface area (Å²) in [5.74, 6) is 0.954. The van der Waals surface area contributed by atoms with Gasteiger partial charge in [0.1, 0.15) is 5.75 Å². The Morgan fingerprint density at radius 3 is 2.72 bits per heavy atom. The third kappa shape index (κ3) is 2.59. The second-order valence-corrected chi connectivity index (χ2v) is 5.09. The number of aliphatic hydroxyl groups excluding tert-OH is 1. The van der Waals surface area contributed by atoms with Crippen LogP contribution in [0.3, 0.4) is 0 Å². The Hall–Kier alpha value is -1.28. The molecule has 0 bridgehead atoms. The molecule has 1 aromatic rings. The number of rotatable bonds is 2. The molecule has 2 heteroatoms. The summed E-state index contributed by atoms with van der Waals surface area (Å²) in [4.78, 5) is 0. The minimum Gasteiger partial charge on any atom is -0.496 e. The fourth-order valence-electron chi connectivity index (χ4n) is 2.60. The molecule has 0 heterocycles. The van der Waals surface area contributed by atoms with Crippen molar-refractivity contribution >= 4 is 5.57 Å². The van der Waals surface area contributed by atoms with Crippen molar-refractivity contribution in [3.63, 3.8) is 0 Å². The molecule has 0 saturated carbocycles. The van der Waals surface area contributed by atoms with Gasteiger partial charge in [0.25, 0.3) is 0 Å². The predicted molar refractivity (Wildman–Crippen MR) is 74.9 cm³/mol. The lowest BCUT2D eigenvalue weighted by Crippen LogP contribution is -2.01. The predicted octanol–water partition coefficient (Wildman–Crippen LogP) is 3.63. The van der Waals surface area contributed by atoms with E-state index in [2.05, 4.69) is 26.0 Å². The molecule has 0 spiro atoms. The van der Waals surface area contributed by atoms with Gasteiger partial charge in [-0.05, 0) is 49.8 Å². The summed E-state index contributed by atoms with van der Waals surface area (Å²) >= 11 is 0. The SMILES string of the molecule is COc1c(C2=CC(O)CCCC2)ccc(C)c1C. The molecular weight excluding hydrogens is 224 g/mol. The molecule has 2 rings (SSSR count). The first kappa shape index (κ1) is 13.2. The monoisotopic (exact) mass is 246 g/mol. The molecule has 1 unspecified atom stereocenters. The normalized spacial score (nSPS) is 20.2. The quantitative estimate of drug-likeness (QED) is 0.863. The summed E-state index contributed by atoms with van der Waals surface area (Å²) in [6, 6.07) is 4.25. The number of aliphatic hydroxyl groups is 1. The lowest BCUT2D eigenvalue weighted by Gasteiger charge is -2.16. The van der Waals surface area contributed by atoms with Crippen LogP contribution in [0.1, 0.15) is 42.4 Å². The van der Waals surface area contributed by atoms with E-state index in [0.29, 0.717) is 0 Å². The highest BCUT2D eigenvalue weighted by atomic mass is 16.5. The molecule has 0 radical (unpaired) electrons. The molecule has 18 heavy (non-hydrogen) atoms. The van der Waals surface area contributed by atoms with Crippen LogP contribution < -0.4 is 4.74 Å². The van der Waals surface area contributed by atoms with Crippen molar-refractivity contribution in [3.8, 4) is 5.75 Å². The summed E-state index contributed by atoms with van der Waals surface area (Å²) < 4.78 is 5.56. The molecule has 0 aromatic heterocycles. The summed E-state index contributed by atoms with van der Waals surface area (Å²) in [7, 11) is 1.72. The molecule has 0 fully saturated rings. The van der Waals surface area contributed by atoms with Crippen molar-refractivity contribution in [1.29, 1.82) is 0 Å². The minimum absolute atomic E-state index is 0.311. The van der Waals surface area contributed by atoms with Crippen molar-refractivity contribution in [1.82, 2.24) is 0 Å².